The highest BCUT2D eigenvalue weighted by molar-refractivity contribution is 6.37. The van der Waals surface area contributed by atoms with Gasteiger partial charge in [0.05, 0.1) is 30.5 Å². The third-order valence-electron chi connectivity index (χ3n) is 4.30. The van der Waals surface area contributed by atoms with E-state index in [0.29, 0.717) is 35.1 Å². The fraction of sp³-hybridized carbons (Fsp3) is 0.222. The van der Waals surface area contributed by atoms with Gasteiger partial charge in [-0.15, -0.1) is 0 Å². The van der Waals surface area contributed by atoms with Crippen LogP contribution >= 0.6 is 23.2 Å². The highest BCUT2D eigenvalue weighted by Gasteiger charge is 2.56. The molecule has 2 heterocycles. The number of hydrogen-bond acceptors (Lipinski definition) is 4. The zero-order valence-corrected chi connectivity index (χ0v) is 14.5. The predicted molar refractivity (Wildman–Crippen MR) is 93.2 cm³/mol. The number of Topliss-reactive ketones (excluding diaryl/α,β-unsaturated/α-hetero) is 1. The molecule has 7 heteroatoms. The Morgan fingerprint density at radius 2 is 1.84 bits per heavy atom. The van der Waals surface area contributed by atoms with Crippen molar-refractivity contribution in [3.63, 3.8) is 0 Å². The number of para-hydroxylation sites is 1. The van der Waals surface area contributed by atoms with Crippen molar-refractivity contribution in [2.75, 3.05) is 24.7 Å². The Labute approximate surface area is 154 Å². The summed E-state index contributed by atoms with van der Waals surface area (Å²) in [6, 6.07) is 11.8. The predicted octanol–water partition coefficient (Wildman–Crippen LogP) is 3.42. The molecule has 128 valence electrons. The van der Waals surface area contributed by atoms with Crippen LogP contribution in [0, 0.1) is 0 Å². The van der Waals surface area contributed by atoms with Gasteiger partial charge < -0.3 is 9.47 Å². The van der Waals surface area contributed by atoms with Crippen molar-refractivity contribution in [2.24, 2.45) is 0 Å². The van der Waals surface area contributed by atoms with E-state index in [0.717, 1.165) is 0 Å². The number of hydrogen-bond donors (Lipinski definition) is 0. The maximum atomic E-state index is 13.0. The minimum atomic E-state index is -1.44. The average molecular weight is 378 g/mol. The molecule has 2 aromatic rings. The van der Waals surface area contributed by atoms with Crippen molar-refractivity contribution >= 4 is 40.6 Å². The lowest BCUT2D eigenvalue weighted by atomic mass is 10.1. The lowest BCUT2D eigenvalue weighted by molar-refractivity contribution is -0.180. The molecule has 1 fully saturated rings. The van der Waals surface area contributed by atoms with Gasteiger partial charge in [0.25, 0.3) is 11.7 Å². The number of amides is 1. The Balaban J connectivity index is 1.69. The van der Waals surface area contributed by atoms with Crippen LogP contribution in [0.3, 0.4) is 0 Å². The Bertz CT molecular complexity index is 877. The molecule has 0 unspecified atom stereocenters. The fourth-order valence-corrected chi connectivity index (χ4v) is 3.70. The summed E-state index contributed by atoms with van der Waals surface area (Å²) >= 11 is 12.0. The van der Waals surface area contributed by atoms with Gasteiger partial charge >= 0.3 is 0 Å². The summed E-state index contributed by atoms with van der Waals surface area (Å²) in [7, 11) is 0. The lowest BCUT2D eigenvalue weighted by Crippen LogP contribution is -2.43. The summed E-state index contributed by atoms with van der Waals surface area (Å²) in [5.74, 6) is -2.13. The van der Waals surface area contributed by atoms with Gasteiger partial charge in [-0.05, 0) is 24.3 Å². The molecule has 0 aromatic heterocycles. The van der Waals surface area contributed by atoms with Crippen LogP contribution in [0.25, 0.3) is 0 Å². The van der Waals surface area contributed by atoms with Crippen molar-refractivity contribution in [3.05, 3.63) is 63.6 Å². The Hall–Kier alpha value is -1.92. The second kappa shape index (κ2) is 6.11. The number of carbonyl (C=O) groups is 2. The molecule has 0 radical (unpaired) electrons. The zero-order valence-electron chi connectivity index (χ0n) is 13.0. The monoisotopic (exact) mass is 377 g/mol. The normalized spacial score (nSPS) is 18.0. The minimum absolute atomic E-state index is 0.161. The van der Waals surface area contributed by atoms with E-state index in [9.17, 15) is 9.59 Å². The van der Waals surface area contributed by atoms with Crippen molar-refractivity contribution in [1.29, 1.82) is 0 Å². The number of halogens is 2. The summed E-state index contributed by atoms with van der Waals surface area (Å²) < 4.78 is 11.3. The number of fused-ring (bicyclic) bond motifs is 2. The van der Waals surface area contributed by atoms with E-state index in [1.807, 2.05) is 0 Å². The molecule has 0 aliphatic carbocycles. The Morgan fingerprint density at radius 3 is 2.56 bits per heavy atom. The summed E-state index contributed by atoms with van der Waals surface area (Å²) in [6.45, 7) is 0.488. The Kier molecular flexibility index (Phi) is 4.04. The summed E-state index contributed by atoms with van der Waals surface area (Å²) in [4.78, 5) is 27.0. The maximum absolute atomic E-state index is 13.0. The van der Waals surface area contributed by atoms with Gasteiger partial charge in [-0.2, -0.15) is 0 Å². The first kappa shape index (κ1) is 16.5. The van der Waals surface area contributed by atoms with Crippen LogP contribution < -0.4 is 4.90 Å². The van der Waals surface area contributed by atoms with Crippen LogP contribution in [-0.2, 0) is 20.1 Å². The molecule has 0 saturated carbocycles. The van der Waals surface area contributed by atoms with E-state index < -0.39 is 11.7 Å². The lowest BCUT2D eigenvalue weighted by Gasteiger charge is -2.21. The van der Waals surface area contributed by atoms with Gasteiger partial charge in [-0.3, -0.25) is 14.5 Å². The average Bonchev–Trinajstić information content (AvgIpc) is 3.17. The van der Waals surface area contributed by atoms with E-state index >= 15 is 0 Å². The first-order chi connectivity index (χ1) is 12.0. The second-order valence-electron chi connectivity index (χ2n) is 5.77. The molecular formula is C18H13Cl2NO4. The minimum Gasteiger partial charge on any atom is -0.336 e. The number of anilines is 1. The second-order valence-corrected chi connectivity index (χ2v) is 6.61. The molecule has 4 rings (SSSR count). The van der Waals surface area contributed by atoms with Crippen LogP contribution in [-0.4, -0.2) is 31.4 Å². The van der Waals surface area contributed by atoms with Gasteiger partial charge in [0.15, 0.2) is 5.78 Å². The van der Waals surface area contributed by atoms with Crippen molar-refractivity contribution in [3.8, 4) is 0 Å². The molecule has 1 amide bonds. The molecular weight excluding hydrogens is 365 g/mol. The van der Waals surface area contributed by atoms with Crippen LogP contribution in [0.5, 0.6) is 0 Å². The van der Waals surface area contributed by atoms with E-state index in [1.54, 1.807) is 36.4 Å². The number of ether oxygens (including phenoxy) is 2. The molecule has 1 spiro atoms. The van der Waals surface area contributed by atoms with Crippen LogP contribution in [0.2, 0.25) is 10.0 Å². The third-order valence-corrected chi connectivity index (χ3v) is 4.85. The van der Waals surface area contributed by atoms with Crippen LogP contribution in [0.15, 0.2) is 42.5 Å². The largest absolute Gasteiger partial charge is 0.336 e. The number of rotatable bonds is 3. The number of ketones is 1. The standard InChI is InChI=1S/C18H13Cl2NO4/c19-11-5-6-12(14(20)9-11)16(22)10-21-15-4-2-1-3-13(15)18(17(21)23)24-7-8-25-18/h1-6,9H,7-8,10H2. The summed E-state index contributed by atoms with van der Waals surface area (Å²) in [5.41, 5.74) is 1.53. The SMILES string of the molecule is O=C(CN1C(=O)C2(OCCO2)c2ccccc21)c1ccc(Cl)cc1Cl. The van der Waals surface area contributed by atoms with Gasteiger partial charge in [0, 0.05) is 16.1 Å². The van der Waals surface area contributed by atoms with E-state index in [2.05, 4.69) is 0 Å². The van der Waals surface area contributed by atoms with E-state index in [4.69, 9.17) is 32.7 Å². The first-order valence-electron chi connectivity index (χ1n) is 7.70. The molecule has 0 atom stereocenters. The topological polar surface area (TPSA) is 55.8 Å². The molecule has 0 N–H and O–H groups in total. The third kappa shape index (κ3) is 2.55. The van der Waals surface area contributed by atoms with Crippen molar-refractivity contribution in [1.82, 2.24) is 0 Å². The van der Waals surface area contributed by atoms with Gasteiger partial charge in [-0.1, -0.05) is 41.4 Å². The van der Waals surface area contributed by atoms with Crippen molar-refractivity contribution < 1.29 is 19.1 Å². The van der Waals surface area contributed by atoms with Gasteiger partial charge in [-0.25, -0.2) is 0 Å². The van der Waals surface area contributed by atoms with Gasteiger partial charge in [0.2, 0.25) is 0 Å². The highest BCUT2D eigenvalue weighted by atomic mass is 35.5. The number of carbonyl (C=O) groups excluding carboxylic acids is 2. The molecule has 2 aromatic carbocycles. The molecule has 0 bridgehead atoms. The molecule has 2 aliphatic rings. The van der Waals surface area contributed by atoms with E-state index in [-0.39, 0.29) is 17.4 Å². The van der Waals surface area contributed by atoms with Crippen LogP contribution in [0.1, 0.15) is 15.9 Å². The molecule has 5 nitrogen and oxygen atoms in total. The first-order valence-corrected chi connectivity index (χ1v) is 8.46. The number of benzene rings is 2. The summed E-state index contributed by atoms with van der Waals surface area (Å²) in [6.07, 6.45) is 0. The molecule has 2 aliphatic heterocycles. The van der Waals surface area contributed by atoms with E-state index in [1.165, 1.54) is 11.0 Å². The highest BCUT2D eigenvalue weighted by Crippen LogP contribution is 2.45. The van der Waals surface area contributed by atoms with Gasteiger partial charge in [0.1, 0.15) is 0 Å². The number of nitrogens with zero attached hydrogens (tertiary/aromatic N) is 1. The smallest absolute Gasteiger partial charge is 0.292 e. The molecule has 25 heavy (non-hydrogen) atoms. The fourth-order valence-electron chi connectivity index (χ4n) is 3.18. The summed E-state index contributed by atoms with van der Waals surface area (Å²) in [5, 5.41) is 0.691. The van der Waals surface area contributed by atoms with Crippen molar-refractivity contribution in [2.45, 2.75) is 5.79 Å². The zero-order chi connectivity index (χ0) is 17.6. The van der Waals surface area contributed by atoms with Crippen LogP contribution in [0.4, 0.5) is 5.69 Å². The quantitative estimate of drug-likeness (QED) is 0.768. The maximum Gasteiger partial charge on any atom is 0.292 e. The molecule has 1 saturated heterocycles. The Morgan fingerprint density at radius 1 is 1.12 bits per heavy atom.